The van der Waals surface area contributed by atoms with E-state index in [4.69, 9.17) is 16.3 Å². The Morgan fingerprint density at radius 1 is 1.22 bits per heavy atom. The lowest BCUT2D eigenvalue weighted by Gasteiger charge is -2.10. The van der Waals surface area contributed by atoms with Gasteiger partial charge in [0.1, 0.15) is 11.4 Å². The molecule has 0 atom stereocenters. The number of para-hydroxylation sites is 2. The molecule has 0 aliphatic rings. The van der Waals surface area contributed by atoms with Crippen LogP contribution in [0.4, 0.5) is 0 Å². The van der Waals surface area contributed by atoms with E-state index in [2.05, 4.69) is 20.8 Å². The number of hydrogen-bond acceptors (Lipinski definition) is 6. The van der Waals surface area contributed by atoms with Crippen molar-refractivity contribution in [3.05, 3.63) is 59.1 Å². The molecule has 0 spiro atoms. The van der Waals surface area contributed by atoms with Crippen LogP contribution in [0.1, 0.15) is 12.5 Å². The van der Waals surface area contributed by atoms with E-state index < -0.39 is 0 Å². The van der Waals surface area contributed by atoms with E-state index in [0.717, 1.165) is 11.3 Å². The van der Waals surface area contributed by atoms with E-state index in [1.165, 1.54) is 11.8 Å². The summed E-state index contributed by atoms with van der Waals surface area (Å²) in [6.45, 7) is 2.89. The SMILES string of the molecule is CCOc1ccccc1-n1nnnc1SCC(=O)NCc1ccc(Cl)cc1. The van der Waals surface area contributed by atoms with Crippen LogP contribution in [-0.2, 0) is 11.3 Å². The quantitative estimate of drug-likeness (QED) is 0.582. The Labute approximate surface area is 166 Å². The summed E-state index contributed by atoms with van der Waals surface area (Å²) in [7, 11) is 0. The van der Waals surface area contributed by atoms with Crippen LogP contribution in [0.15, 0.2) is 53.7 Å². The molecule has 3 aromatic rings. The number of benzene rings is 2. The Hall–Kier alpha value is -2.58. The second-order valence-corrected chi connectivity index (χ2v) is 6.84. The number of aromatic nitrogens is 4. The molecule has 27 heavy (non-hydrogen) atoms. The summed E-state index contributed by atoms with van der Waals surface area (Å²) in [5.74, 6) is 0.772. The van der Waals surface area contributed by atoms with E-state index >= 15 is 0 Å². The minimum absolute atomic E-state index is 0.109. The van der Waals surface area contributed by atoms with Crippen molar-refractivity contribution in [2.45, 2.75) is 18.6 Å². The second kappa shape index (κ2) is 9.38. The predicted molar refractivity (Wildman–Crippen MR) is 104 cm³/mol. The standard InChI is InChI=1S/C18H18ClN5O2S/c1-2-26-16-6-4-3-5-15(16)24-18(21-22-23-24)27-12-17(25)20-11-13-7-9-14(19)10-8-13/h3-10H,2,11-12H2,1H3,(H,20,25). The number of halogens is 1. The van der Waals surface area contributed by atoms with Gasteiger partial charge in [0.2, 0.25) is 11.1 Å². The Morgan fingerprint density at radius 2 is 2.00 bits per heavy atom. The lowest BCUT2D eigenvalue weighted by Crippen LogP contribution is -2.24. The molecule has 0 radical (unpaired) electrons. The fourth-order valence-electron chi connectivity index (χ4n) is 2.31. The molecule has 0 fully saturated rings. The smallest absolute Gasteiger partial charge is 0.230 e. The number of tetrazole rings is 1. The minimum Gasteiger partial charge on any atom is -0.492 e. The molecule has 0 saturated carbocycles. The van der Waals surface area contributed by atoms with E-state index in [1.54, 1.807) is 16.8 Å². The number of carbonyl (C=O) groups excluding carboxylic acids is 1. The minimum atomic E-state index is -0.109. The van der Waals surface area contributed by atoms with E-state index in [9.17, 15) is 4.79 Å². The van der Waals surface area contributed by atoms with Crippen molar-refractivity contribution in [1.29, 1.82) is 0 Å². The monoisotopic (exact) mass is 403 g/mol. The van der Waals surface area contributed by atoms with Gasteiger partial charge in [-0.3, -0.25) is 4.79 Å². The summed E-state index contributed by atoms with van der Waals surface area (Å²) in [4.78, 5) is 12.1. The van der Waals surface area contributed by atoms with E-state index in [1.807, 2.05) is 43.3 Å². The van der Waals surface area contributed by atoms with Gasteiger partial charge in [0.25, 0.3) is 0 Å². The van der Waals surface area contributed by atoms with Crippen molar-refractivity contribution in [2.24, 2.45) is 0 Å². The molecular formula is C18H18ClN5O2S. The molecule has 1 N–H and O–H groups in total. The van der Waals surface area contributed by atoms with Crippen LogP contribution in [0.3, 0.4) is 0 Å². The molecule has 1 aromatic heterocycles. The Bertz CT molecular complexity index is 901. The zero-order valence-electron chi connectivity index (χ0n) is 14.6. The molecule has 0 aliphatic heterocycles. The first-order chi connectivity index (χ1) is 13.2. The maximum absolute atomic E-state index is 12.1. The average Bonchev–Trinajstić information content (AvgIpc) is 3.15. The van der Waals surface area contributed by atoms with Crippen molar-refractivity contribution in [3.63, 3.8) is 0 Å². The third-order valence-electron chi connectivity index (χ3n) is 3.57. The summed E-state index contributed by atoms with van der Waals surface area (Å²) < 4.78 is 7.19. The number of amides is 1. The fourth-order valence-corrected chi connectivity index (χ4v) is 3.15. The van der Waals surface area contributed by atoms with Gasteiger partial charge in [-0.15, -0.1) is 5.10 Å². The zero-order valence-corrected chi connectivity index (χ0v) is 16.2. The van der Waals surface area contributed by atoms with Crippen LogP contribution < -0.4 is 10.1 Å². The molecule has 7 nitrogen and oxygen atoms in total. The topological polar surface area (TPSA) is 81.9 Å². The number of rotatable bonds is 8. The molecule has 3 rings (SSSR count). The normalized spacial score (nSPS) is 10.6. The summed E-state index contributed by atoms with van der Waals surface area (Å²) >= 11 is 7.12. The molecule has 140 valence electrons. The average molecular weight is 404 g/mol. The van der Waals surface area contributed by atoms with Crippen molar-refractivity contribution in [3.8, 4) is 11.4 Å². The third-order valence-corrected chi connectivity index (χ3v) is 4.74. The van der Waals surface area contributed by atoms with Crippen molar-refractivity contribution < 1.29 is 9.53 Å². The van der Waals surface area contributed by atoms with Crippen molar-refractivity contribution in [1.82, 2.24) is 25.5 Å². The number of thioether (sulfide) groups is 1. The first-order valence-corrected chi connectivity index (χ1v) is 9.68. The van der Waals surface area contributed by atoms with Gasteiger partial charge in [0.05, 0.1) is 12.4 Å². The summed E-state index contributed by atoms with van der Waals surface area (Å²) in [6.07, 6.45) is 0. The van der Waals surface area contributed by atoms with Crippen LogP contribution in [0.5, 0.6) is 5.75 Å². The zero-order chi connectivity index (χ0) is 19.1. The summed E-state index contributed by atoms with van der Waals surface area (Å²) in [6, 6.07) is 14.8. The largest absolute Gasteiger partial charge is 0.492 e. The first kappa shape index (κ1) is 19.2. The van der Waals surface area contributed by atoms with Gasteiger partial charge in [0.15, 0.2) is 0 Å². The van der Waals surface area contributed by atoms with Crippen LogP contribution >= 0.6 is 23.4 Å². The summed E-state index contributed by atoms with van der Waals surface area (Å²) in [5.41, 5.74) is 1.71. The Kier molecular flexibility index (Phi) is 6.67. The van der Waals surface area contributed by atoms with E-state index in [0.29, 0.717) is 29.1 Å². The van der Waals surface area contributed by atoms with Gasteiger partial charge in [-0.05, 0) is 47.2 Å². The molecule has 2 aromatic carbocycles. The van der Waals surface area contributed by atoms with Gasteiger partial charge in [-0.2, -0.15) is 4.68 Å². The molecule has 1 amide bonds. The lowest BCUT2D eigenvalue weighted by molar-refractivity contribution is -0.118. The summed E-state index contributed by atoms with van der Waals surface area (Å²) in [5, 5.41) is 15.8. The maximum Gasteiger partial charge on any atom is 0.230 e. The lowest BCUT2D eigenvalue weighted by atomic mass is 10.2. The number of nitrogens with zero attached hydrogens (tertiary/aromatic N) is 4. The molecule has 0 aliphatic carbocycles. The van der Waals surface area contributed by atoms with Crippen molar-refractivity contribution in [2.75, 3.05) is 12.4 Å². The predicted octanol–water partition coefficient (Wildman–Crippen LogP) is 3.12. The van der Waals surface area contributed by atoms with Gasteiger partial charge in [0, 0.05) is 11.6 Å². The highest BCUT2D eigenvalue weighted by Gasteiger charge is 2.14. The van der Waals surface area contributed by atoms with Gasteiger partial charge < -0.3 is 10.1 Å². The molecule has 0 bridgehead atoms. The molecule has 1 heterocycles. The van der Waals surface area contributed by atoms with Crippen molar-refractivity contribution >= 4 is 29.3 Å². The Morgan fingerprint density at radius 3 is 2.78 bits per heavy atom. The van der Waals surface area contributed by atoms with Crippen LogP contribution in [-0.4, -0.2) is 38.5 Å². The van der Waals surface area contributed by atoms with Crippen LogP contribution in [0.25, 0.3) is 5.69 Å². The first-order valence-electron chi connectivity index (χ1n) is 8.32. The van der Waals surface area contributed by atoms with E-state index in [-0.39, 0.29) is 11.7 Å². The molecule has 9 heteroatoms. The maximum atomic E-state index is 12.1. The van der Waals surface area contributed by atoms with Crippen LogP contribution in [0, 0.1) is 0 Å². The molecule has 0 saturated heterocycles. The molecule has 0 unspecified atom stereocenters. The fraction of sp³-hybridized carbons (Fsp3) is 0.222. The van der Waals surface area contributed by atoms with Gasteiger partial charge in [-0.25, -0.2) is 0 Å². The van der Waals surface area contributed by atoms with Gasteiger partial charge >= 0.3 is 0 Å². The molecular weight excluding hydrogens is 386 g/mol. The van der Waals surface area contributed by atoms with Gasteiger partial charge in [-0.1, -0.05) is 47.6 Å². The highest BCUT2D eigenvalue weighted by Crippen LogP contribution is 2.25. The third kappa shape index (κ3) is 5.21. The highest BCUT2D eigenvalue weighted by atomic mass is 35.5. The van der Waals surface area contributed by atoms with Crippen LogP contribution in [0.2, 0.25) is 5.02 Å². The number of hydrogen-bond donors (Lipinski definition) is 1. The number of nitrogens with one attached hydrogen (secondary N) is 1. The highest BCUT2D eigenvalue weighted by molar-refractivity contribution is 7.99. The number of ether oxygens (including phenoxy) is 1. The second-order valence-electron chi connectivity index (χ2n) is 5.47. The number of carbonyl (C=O) groups is 1. The Balaban J connectivity index is 1.60.